The van der Waals surface area contributed by atoms with Crippen molar-refractivity contribution in [2.45, 2.75) is 82.1 Å². The Morgan fingerprint density at radius 1 is 1.11 bits per heavy atom. The number of rotatable bonds is 5. The molecule has 0 radical (unpaired) electrons. The first-order valence-electron chi connectivity index (χ1n) is 10.6. The van der Waals surface area contributed by atoms with Crippen molar-refractivity contribution in [2.75, 3.05) is 33.8 Å². The zero-order valence-corrected chi connectivity index (χ0v) is 19.7. The highest BCUT2D eigenvalue weighted by Crippen LogP contribution is 2.36. The maximum Gasteiger partial charge on any atom is 0.243 e. The summed E-state index contributed by atoms with van der Waals surface area (Å²) in [4.78, 5) is 18.0. The maximum absolute atomic E-state index is 11.9. The van der Waals surface area contributed by atoms with Crippen molar-refractivity contribution in [1.82, 2.24) is 15.5 Å². The Labute approximate surface area is 186 Å². The highest BCUT2D eigenvalue weighted by Gasteiger charge is 2.41. The van der Waals surface area contributed by atoms with Crippen LogP contribution in [0.5, 0.6) is 0 Å². The van der Waals surface area contributed by atoms with Gasteiger partial charge in [-0.15, -0.1) is 24.0 Å². The molecule has 0 aromatic heterocycles. The number of nitrogens with one attached hydrogen (secondary N) is 2. The Balaban J connectivity index is 0.00000280. The molecule has 0 aromatic rings. The first kappa shape index (κ1) is 23.7. The van der Waals surface area contributed by atoms with Gasteiger partial charge in [-0.2, -0.15) is 0 Å². The van der Waals surface area contributed by atoms with Gasteiger partial charge in [-0.3, -0.25) is 4.79 Å². The molecule has 1 amide bonds. The van der Waals surface area contributed by atoms with E-state index in [1.165, 1.54) is 38.5 Å². The molecule has 0 bridgehead atoms. The van der Waals surface area contributed by atoms with Gasteiger partial charge in [0.1, 0.15) is 12.6 Å². The number of carbonyl (C=O) groups is 1. The highest BCUT2D eigenvalue weighted by molar-refractivity contribution is 14.0. The summed E-state index contributed by atoms with van der Waals surface area (Å²) in [6.07, 6.45) is 11.8. The van der Waals surface area contributed by atoms with Gasteiger partial charge in [-0.1, -0.05) is 25.7 Å². The van der Waals surface area contributed by atoms with Crippen LogP contribution in [0.15, 0.2) is 4.99 Å². The second-order valence-electron chi connectivity index (χ2n) is 8.34. The molecular formula is C20H37IN4O3. The van der Waals surface area contributed by atoms with E-state index >= 15 is 0 Å². The van der Waals surface area contributed by atoms with E-state index in [1.807, 2.05) is 0 Å². The second-order valence-corrected chi connectivity index (χ2v) is 8.34. The summed E-state index contributed by atoms with van der Waals surface area (Å²) in [5.74, 6) is 0.350. The number of guanidine groups is 1. The quantitative estimate of drug-likeness (QED) is 0.340. The summed E-state index contributed by atoms with van der Waals surface area (Å²) in [5.41, 5.74) is 0. The molecule has 0 aromatic carbocycles. The first-order valence-corrected chi connectivity index (χ1v) is 10.6. The molecule has 3 fully saturated rings. The van der Waals surface area contributed by atoms with Crippen LogP contribution in [-0.2, 0) is 14.3 Å². The molecule has 1 saturated heterocycles. The smallest absolute Gasteiger partial charge is 0.243 e. The fourth-order valence-electron chi connectivity index (χ4n) is 4.16. The van der Waals surface area contributed by atoms with E-state index in [0.717, 1.165) is 25.7 Å². The molecule has 1 heterocycles. The predicted molar refractivity (Wildman–Crippen MR) is 121 cm³/mol. The average Bonchev–Trinajstić information content (AvgIpc) is 3.24. The lowest BCUT2D eigenvalue weighted by Crippen LogP contribution is -2.46. The van der Waals surface area contributed by atoms with Crippen molar-refractivity contribution in [3.8, 4) is 0 Å². The molecule has 162 valence electrons. The number of hydrogen-bond acceptors (Lipinski definition) is 4. The summed E-state index contributed by atoms with van der Waals surface area (Å²) in [5, 5.41) is 6.87. The van der Waals surface area contributed by atoms with Crippen molar-refractivity contribution >= 4 is 35.8 Å². The Morgan fingerprint density at radius 2 is 1.79 bits per heavy atom. The fourth-order valence-corrected chi connectivity index (χ4v) is 4.16. The molecule has 7 nitrogen and oxygen atoms in total. The lowest BCUT2D eigenvalue weighted by Gasteiger charge is -2.26. The number of aliphatic imine (C=N–C) groups is 1. The zero-order chi connectivity index (χ0) is 19.1. The van der Waals surface area contributed by atoms with Gasteiger partial charge < -0.3 is 25.0 Å². The van der Waals surface area contributed by atoms with E-state index in [2.05, 4.69) is 15.6 Å². The van der Waals surface area contributed by atoms with Crippen LogP contribution in [0.25, 0.3) is 0 Å². The average molecular weight is 508 g/mol. The summed E-state index contributed by atoms with van der Waals surface area (Å²) >= 11 is 0. The van der Waals surface area contributed by atoms with Crippen LogP contribution >= 0.6 is 24.0 Å². The van der Waals surface area contributed by atoms with Crippen molar-refractivity contribution < 1.29 is 14.3 Å². The van der Waals surface area contributed by atoms with Gasteiger partial charge in [-0.05, 0) is 25.7 Å². The van der Waals surface area contributed by atoms with E-state index in [4.69, 9.17) is 9.47 Å². The minimum absolute atomic E-state index is 0. The highest BCUT2D eigenvalue weighted by atomic mass is 127. The lowest BCUT2D eigenvalue weighted by atomic mass is 10.1. The van der Waals surface area contributed by atoms with E-state index in [0.29, 0.717) is 25.2 Å². The molecule has 2 N–H and O–H groups in total. The Bertz CT molecular complexity index is 516. The van der Waals surface area contributed by atoms with Crippen LogP contribution in [-0.4, -0.2) is 68.5 Å². The lowest BCUT2D eigenvalue weighted by molar-refractivity contribution is -0.175. The van der Waals surface area contributed by atoms with Crippen molar-refractivity contribution in [3.63, 3.8) is 0 Å². The second kappa shape index (κ2) is 11.5. The molecule has 1 aliphatic heterocycles. The van der Waals surface area contributed by atoms with Crippen LogP contribution in [0.4, 0.5) is 0 Å². The number of amides is 1. The summed E-state index contributed by atoms with van der Waals surface area (Å²) in [7, 11) is 3.51. The zero-order valence-electron chi connectivity index (χ0n) is 17.4. The predicted octanol–water partition coefficient (Wildman–Crippen LogP) is 2.64. The van der Waals surface area contributed by atoms with Crippen LogP contribution in [0.1, 0.15) is 64.2 Å². The fraction of sp³-hybridized carbons (Fsp3) is 0.900. The summed E-state index contributed by atoms with van der Waals surface area (Å²) in [6, 6.07) is 0.444. The molecule has 3 rings (SSSR count). The molecule has 8 heteroatoms. The summed E-state index contributed by atoms with van der Waals surface area (Å²) < 4.78 is 12.4. The van der Waals surface area contributed by atoms with Crippen molar-refractivity contribution in [1.29, 1.82) is 0 Å². The van der Waals surface area contributed by atoms with Crippen LogP contribution in [0.3, 0.4) is 0 Å². The van der Waals surface area contributed by atoms with Crippen molar-refractivity contribution in [2.24, 2.45) is 4.99 Å². The molecule has 28 heavy (non-hydrogen) atoms. The Kier molecular flexibility index (Phi) is 9.76. The van der Waals surface area contributed by atoms with Crippen LogP contribution < -0.4 is 10.6 Å². The molecular weight excluding hydrogens is 471 g/mol. The maximum atomic E-state index is 11.9. The van der Waals surface area contributed by atoms with Crippen LogP contribution in [0.2, 0.25) is 0 Å². The minimum atomic E-state index is -0.361. The van der Waals surface area contributed by atoms with E-state index < -0.39 is 0 Å². The number of carbonyl (C=O) groups excluding carboxylic acids is 1. The standard InChI is InChI=1S/C20H36N4O3.HI/c1-24(2)18(25)14-22-19(23-16-9-5-6-10-16)21-13-17-15-26-20(27-17)11-7-3-4-8-12-20;/h16-17H,3-15H2,1-2H3,(H2,21,22,23);1H. The molecule has 1 atom stereocenters. The van der Waals surface area contributed by atoms with E-state index in [9.17, 15) is 4.79 Å². The third-order valence-corrected chi connectivity index (χ3v) is 5.84. The van der Waals surface area contributed by atoms with Gasteiger partial charge in [0.05, 0.1) is 6.61 Å². The Morgan fingerprint density at radius 3 is 2.43 bits per heavy atom. The molecule has 1 unspecified atom stereocenters. The van der Waals surface area contributed by atoms with Gasteiger partial charge in [0.2, 0.25) is 5.91 Å². The number of nitrogens with zero attached hydrogens (tertiary/aromatic N) is 2. The molecule has 2 saturated carbocycles. The van der Waals surface area contributed by atoms with Gasteiger partial charge in [-0.25, -0.2) is 4.99 Å². The first-order chi connectivity index (χ1) is 13.1. The van der Waals surface area contributed by atoms with Gasteiger partial charge >= 0.3 is 0 Å². The van der Waals surface area contributed by atoms with Gasteiger partial charge in [0.25, 0.3) is 0 Å². The van der Waals surface area contributed by atoms with Gasteiger partial charge in [0.15, 0.2) is 11.7 Å². The monoisotopic (exact) mass is 508 g/mol. The summed E-state index contributed by atoms with van der Waals surface area (Å²) in [6.45, 7) is 1.43. The number of ether oxygens (including phenoxy) is 2. The largest absolute Gasteiger partial charge is 0.354 e. The number of hydrogen-bond donors (Lipinski definition) is 2. The topological polar surface area (TPSA) is 75.2 Å². The third kappa shape index (κ3) is 7.02. The molecule has 3 aliphatic rings. The Hall–Kier alpha value is -0.610. The van der Waals surface area contributed by atoms with E-state index in [-0.39, 0.29) is 48.3 Å². The minimum Gasteiger partial charge on any atom is -0.354 e. The van der Waals surface area contributed by atoms with Crippen LogP contribution in [0, 0.1) is 0 Å². The molecule has 2 aliphatic carbocycles. The number of halogens is 1. The third-order valence-electron chi connectivity index (χ3n) is 5.84. The molecule has 1 spiro atoms. The SMILES string of the molecule is CN(C)C(=O)CN=C(NCC1COC2(CCCCCC2)O1)NC1CCCC1.I. The van der Waals surface area contributed by atoms with E-state index in [1.54, 1.807) is 19.0 Å². The normalized spacial score (nSPS) is 25.2. The number of likely N-dealkylation sites (N-methyl/N-ethyl adjacent to an activating group) is 1. The van der Waals surface area contributed by atoms with Gasteiger partial charge in [0, 0.05) is 39.5 Å². The van der Waals surface area contributed by atoms with Crippen molar-refractivity contribution in [3.05, 3.63) is 0 Å².